The number of carbonyl (C=O) groups excluding carboxylic acids is 1. The second-order valence-corrected chi connectivity index (χ2v) is 3.92. The average Bonchev–Trinajstić information content (AvgIpc) is 2.45. The van der Waals surface area contributed by atoms with Gasteiger partial charge in [0.25, 0.3) is 11.6 Å². The fraction of sp³-hybridized carbons (Fsp3) is 0.0769. The summed E-state index contributed by atoms with van der Waals surface area (Å²) in [5, 5.41) is 13.3. The van der Waals surface area contributed by atoms with Crippen molar-refractivity contribution in [3.8, 4) is 0 Å². The van der Waals surface area contributed by atoms with Gasteiger partial charge in [-0.2, -0.15) is 0 Å². The Labute approximate surface area is 113 Å². The molecule has 1 aromatic carbocycles. The predicted molar refractivity (Wildman–Crippen MR) is 68.5 cm³/mol. The smallest absolute Gasteiger partial charge is 0.274 e. The van der Waals surface area contributed by atoms with Crippen LogP contribution in [0.25, 0.3) is 0 Å². The first-order valence-electron chi connectivity index (χ1n) is 5.69. The third kappa shape index (κ3) is 2.94. The first-order valence-corrected chi connectivity index (χ1v) is 5.69. The molecule has 1 N–H and O–H groups in total. The van der Waals surface area contributed by atoms with E-state index in [0.717, 1.165) is 6.20 Å². The quantitative estimate of drug-likeness (QED) is 0.683. The summed E-state index contributed by atoms with van der Waals surface area (Å²) >= 11 is 0. The van der Waals surface area contributed by atoms with E-state index in [2.05, 4.69) is 10.3 Å². The van der Waals surface area contributed by atoms with Crippen molar-refractivity contribution in [3.63, 3.8) is 0 Å². The molecule has 0 radical (unpaired) electrons. The average molecular weight is 275 g/mol. The van der Waals surface area contributed by atoms with Gasteiger partial charge >= 0.3 is 0 Å². The van der Waals surface area contributed by atoms with Crippen molar-refractivity contribution in [1.29, 1.82) is 0 Å². The molecule has 1 amide bonds. The molecule has 2 aromatic rings. The van der Waals surface area contributed by atoms with Crippen LogP contribution < -0.4 is 5.32 Å². The minimum atomic E-state index is -0.743. The molecular formula is C13H10FN3O3. The third-order valence-electron chi connectivity index (χ3n) is 2.64. The SMILES string of the molecule is O=C(NCc1ccccc1[N+](=O)[O-])c1ccncc1F. The summed E-state index contributed by atoms with van der Waals surface area (Å²) in [7, 11) is 0. The number of aromatic nitrogens is 1. The Morgan fingerprint density at radius 1 is 1.35 bits per heavy atom. The third-order valence-corrected chi connectivity index (χ3v) is 2.64. The van der Waals surface area contributed by atoms with Crippen LogP contribution in [0.1, 0.15) is 15.9 Å². The molecule has 0 unspecified atom stereocenters. The number of halogens is 1. The Kier molecular flexibility index (Phi) is 3.99. The molecule has 0 aliphatic heterocycles. The summed E-state index contributed by atoms with van der Waals surface area (Å²) in [4.78, 5) is 25.6. The van der Waals surface area contributed by atoms with E-state index in [1.807, 2.05) is 0 Å². The first kappa shape index (κ1) is 13.6. The summed E-state index contributed by atoms with van der Waals surface area (Å²) in [6, 6.07) is 7.27. The number of pyridine rings is 1. The Hall–Kier alpha value is -2.83. The molecule has 7 heteroatoms. The van der Waals surface area contributed by atoms with Gasteiger partial charge in [-0.05, 0) is 6.07 Å². The Balaban J connectivity index is 2.12. The zero-order chi connectivity index (χ0) is 14.5. The number of hydrogen-bond donors (Lipinski definition) is 1. The highest BCUT2D eigenvalue weighted by Crippen LogP contribution is 2.17. The van der Waals surface area contributed by atoms with E-state index >= 15 is 0 Å². The Bertz CT molecular complexity index is 661. The van der Waals surface area contributed by atoms with Gasteiger partial charge in [-0.1, -0.05) is 18.2 Å². The monoisotopic (exact) mass is 275 g/mol. The lowest BCUT2D eigenvalue weighted by atomic mass is 10.1. The van der Waals surface area contributed by atoms with E-state index in [1.165, 1.54) is 30.5 Å². The number of nitro benzene ring substituents is 1. The van der Waals surface area contributed by atoms with Gasteiger partial charge < -0.3 is 5.32 Å². The Morgan fingerprint density at radius 2 is 2.10 bits per heavy atom. The fourth-order valence-electron chi connectivity index (χ4n) is 1.67. The number of amides is 1. The van der Waals surface area contributed by atoms with Gasteiger partial charge in [-0.15, -0.1) is 0 Å². The lowest BCUT2D eigenvalue weighted by molar-refractivity contribution is -0.385. The van der Waals surface area contributed by atoms with Gasteiger partial charge in [-0.25, -0.2) is 4.39 Å². The lowest BCUT2D eigenvalue weighted by Gasteiger charge is -2.06. The normalized spacial score (nSPS) is 10.1. The van der Waals surface area contributed by atoms with Crippen molar-refractivity contribution >= 4 is 11.6 Å². The summed E-state index contributed by atoms with van der Waals surface area (Å²) in [5.74, 6) is -1.39. The second-order valence-electron chi connectivity index (χ2n) is 3.92. The van der Waals surface area contributed by atoms with Crippen LogP contribution in [-0.4, -0.2) is 15.8 Å². The van der Waals surface area contributed by atoms with Crippen molar-refractivity contribution in [3.05, 3.63) is 69.8 Å². The number of nitro groups is 1. The zero-order valence-corrected chi connectivity index (χ0v) is 10.2. The maximum atomic E-state index is 13.3. The van der Waals surface area contributed by atoms with Crippen molar-refractivity contribution in [2.75, 3.05) is 0 Å². The van der Waals surface area contributed by atoms with Gasteiger partial charge in [0.2, 0.25) is 0 Å². The molecule has 2 rings (SSSR count). The topological polar surface area (TPSA) is 85.1 Å². The molecule has 0 saturated carbocycles. The molecule has 0 aliphatic carbocycles. The minimum Gasteiger partial charge on any atom is -0.348 e. The van der Waals surface area contributed by atoms with Crippen LogP contribution in [0.3, 0.4) is 0 Å². The van der Waals surface area contributed by atoms with Crippen molar-refractivity contribution in [1.82, 2.24) is 10.3 Å². The van der Waals surface area contributed by atoms with E-state index in [1.54, 1.807) is 6.07 Å². The summed E-state index contributed by atoms with van der Waals surface area (Å²) in [6.45, 7) is -0.0578. The highest BCUT2D eigenvalue weighted by Gasteiger charge is 2.15. The first-order chi connectivity index (χ1) is 9.59. The highest BCUT2D eigenvalue weighted by atomic mass is 19.1. The molecule has 0 fully saturated rings. The van der Waals surface area contributed by atoms with E-state index in [9.17, 15) is 19.3 Å². The van der Waals surface area contributed by atoms with Gasteiger partial charge in [0.1, 0.15) is 0 Å². The van der Waals surface area contributed by atoms with E-state index in [4.69, 9.17) is 0 Å². The largest absolute Gasteiger partial charge is 0.348 e. The number of rotatable bonds is 4. The minimum absolute atomic E-state index is 0.0578. The summed E-state index contributed by atoms with van der Waals surface area (Å²) in [5.41, 5.74) is 0.0990. The molecule has 20 heavy (non-hydrogen) atoms. The molecular weight excluding hydrogens is 265 g/mol. The number of hydrogen-bond acceptors (Lipinski definition) is 4. The molecule has 1 heterocycles. The van der Waals surface area contributed by atoms with Gasteiger partial charge in [0.05, 0.1) is 16.7 Å². The second kappa shape index (κ2) is 5.87. The number of nitrogens with one attached hydrogen (secondary N) is 1. The molecule has 1 aromatic heterocycles. The van der Waals surface area contributed by atoms with Crippen LogP contribution in [0.2, 0.25) is 0 Å². The van der Waals surface area contributed by atoms with Crippen LogP contribution in [0.5, 0.6) is 0 Å². The number of carbonyl (C=O) groups is 1. The van der Waals surface area contributed by atoms with E-state index < -0.39 is 16.6 Å². The molecule has 6 nitrogen and oxygen atoms in total. The number of nitrogens with zero attached hydrogens (tertiary/aromatic N) is 2. The summed E-state index contributed by atoms with van der Waals surface area (Å²) in [6.07, 6.45) is 2.23. The zero-order valence-electron chi connectivity index (χ0n) is 10.2. The molecule has 0 atom stereocenters. The fourth-order valence-corrected chi connectivity index (χ4v) is 1.67. The maximum Gasteiger partial charge on any atom is 0.274 e. The molecule has 0 saturated heterocycles. The summed E-state index contributed by atoms with van der Waals surface area (Å²) < 4.78 is 13.3. The number of benzene rings is 1. The Morgan fingerprint density at radius 3 is 2.80 bits per heavy atom. The van der Waals surface area contributed by atoms with Gasteiger partial charge in [0.15, 0.2) is 5.82 Å². The van der Waals surface area contributed by atoms with Gasteiger partial charge in [0, 0.05) is 24.4 Å². The van der Waals surface area contributed by atoms with Crippen molar-refractivity contribution < 1.29 is 14.1 Å². The van der Waals surface area contributed by atoms with Crippen molar-refractivity contribution in [2.24, 2.45) is 0 Å². The molecule has 0 bridgehead atoms. The van der Waals surface area contributed by atoms with Crippen LogP contribution >= 0.6 is 0 Å². The van der Waals surface area contributed by atoms with Crippen LogP contribution in [0, 0.1) is 15.9 Å². The molecule has 0 spiro atoms. The van der Waals surface area contributed by atoms with Crippen LogP contribution in [0.15, 0.2) is 42.7 Å². The molecule has 0 aliphatic rings. The lowest BCUT2D eigenvalue weighted by Crippen LogP contribution is -2.24. The van der Waals surface area contributed by atoms with E-state index in [0.29, 0.717) is 5.56 Å². The van der Waals surface area contributed by atoms with E-state index in [-0.39, 0.29) is 17.8 Å². The number of para-hydroxylation sites is 1. The molecule has 102 valence electrons. The van der Waals surface area contributed by atoms with Crippen LogP contribution in [-0.2, 0) is 6.54 Å². The van der Waals surface area contributed by atoms with Gasteiger partial charge in [-0.3, -0.25) is 19.9 Å². The maximum absolute atomic E-state index is 13.3. The highest BCUT2D eigenvalue weighted by molar-refractivity contribution is 5.94. The van der Waals surface area contributed by atoms with Crippen molar-refractivity contribution in [2.45, 2.75) is 6.54 Å². The predicted octanol–water partition coefficient (Wildman–Crippen LogP) is 2.06. The standard InChI is InChI=1S/C13H10FN3O3/c14-11-8-15-6-5-10(11)13(18)16-7-9-3-1-2-4-12(9)17(19)20/h1-6,8H,7H2,(H,16,18). The van der Waals surface area contributed by atoms with Crippen LogP contribution in [0.4, 0.5) is 10.1 Å².